The molecule has 0 atom stereocenters. The van der Waals surface area contributed by atoms with Crippen molar-refractivity contribution in [3.05, 3.63) is 207 Å². The molecular weight excluding hydrogens is 669 g/mol. The van der Waals surface area contributed by atoms with Crippen LogP contribution < -0.4 is 0 Å². The molecule has 0 N–H and O–H groups in total. The first-order valence-electron chi connectivity index (χ1n) is 18.5. The van der Waals surface area contributed by atoms with Crippen LogP contribution in [0.1, 0.15) is 0 Å². The van der Waals surface area contributed by atoms with Gasteiger partial charge in [0.1, 0.15) is 0 Å². The fourth-order valence-corrected chi connectivity index (χ4v) is 7.53. The normalized spacial score (nSPS) is 11.3. The predicted molar refractivity (Wildman–Crippen MR) is 227 cm³/mol. The van der Waals surface area contributed by atoms with Gasteiger partial charge >= 0.3 is 0 Å². The minimum atomic E-state index is 0.684. The SMILES string of the molecule is c1ccc(-c2ccc(-c3cc(-c4ccc(-c5ccc6c7ccccc7n(-c7ccccc7)c6c5)cc4)nc(-c4ccc(-c5ccncc5)cc4)n3)cc2)cc1. The Morgan fingerprint density at radius 2 is 0.764 bits per heavy atom. The molecule has 0 unspecified atom stereocenters. The number of para-hydroxylation sites is 2. The van der Waals surface area contributed by atoms with Crippen LogP contribution in [0.15, 0.2) is 207 Å². The van der Waals surface area contributed by atoms with Crippen molar-refractivity contribution in [1.29, 1.82) is 0 Å². The summed E-state index contributed by atoms with van der Waals surface area (Å²) in [4.78, 5) is 14.5. The topological polar surface area (TPSA) is 43.6 Å². The Labute approximate surface area is 319 Å². The Hall–Kier alpha value is -7.43. The summed E-state index contributed by atoms with van der Waals surface area (Å²) in [6.07, 6.45) is 3.64. The second-order valence-corrected chi connectivity index (χ2v) is 13.7. The smallest absolute Gasteiger partial charge is 0.160 e. The Balaban J connectivity index is 1.04. The van der Waals surface area contributed by atoms with Gasteiger partial charge in [-0.15, -0.1) is 0 Å². The Morgan fingerprint density at radius 3 is 1.40 bits per heavy atom. The highest BCUT2D eigenvalue weighted by atomic mass is 15.0. The van der Waals surface area contributed by atoms with E-state index in [1.54, 1.807) is 0 Å². The molecule has 4 nitrogen and oxygen atoms in total. The first kappa shape index (κ1) is 32.2. The van der Waals surface area contributed by atoms with E-state index in [1.807, 2.05) is 30.6 Å². The van der Waals surface area contributed by atoms with Gasteiger partial charge in [0, 0.05) is 45.5 Å². The highest BCUT2D eigenvalue weighted by Crippen LogP contribution is 2.36. The van der Waals surface area contributed by atoms with Gasteiger partial charge in [-0.05, 0) is 75.8 Å². The van der Waals surface area contributed by atoms with E-state index in [2.05, 4.69) is 185 Å². The summed E-state index contributed by atoms with van der Waals surface area (Å²) >= 11 is 0. The maximum Gasteiger partial charge on any atom is 0.160 e. The molecule has 3 aromatic heterocycles. The first-order valence-corrected chi connectivity index (χ1v) is 18.5. The summed E-state index contributed by atoms with van der Waals surface area (Å²) < 4.78 is 2.36. The predicted octanol–water partition coefficient (Wildman–Crippen LogP) is 13.0. The zero-order valence-electron chi connectivity index (χ0n) is 29.9. The van der Waals surface area contributed by atoms with E-state index in [0.717, 1.165) is 56.0 Å². The monoisotopic (exact) mass is 702 g/mol. The maximum atomic E-state index is 5.16. The highest BCUT2D eigenvalue weighted by Gasteiger charge is 2.15. The van der Waals surface area contributed by atoms with Crippen LogP contribution in [0.5, 0.6) is 0 Å². The van der Waals surface area contributed by atoms with Crippen LogP contribution in [-0.2, 0) is 0 Å². The average molecular weight is 703 g/mol. The van der Waals surface area contributed by atoms with E-state index < -0.39 is 0 Å². The lowest BCUT2D eigenvalue weighted by Gasteiger charge is -2.12. The second-order valence-electron chi connectivity index (χ2n) is 13.7. The number of hydrogen-bond acceptors (Lipinski definition) is 3. The zero-order chi connectivity index (χ0) is 36.6. The largest absolute Gasteiger partial charge is 0.309 e. The minimum absolute atomic E-state index is 0.684. The molecule has 0 bridgehead atoms. The molecule has 3 heterocycles. The fraction of sp³-hybridized carbons (Fsp3) is 0. The lowest BCUT2D eigenvalue weighted by Crippen LogP contribution is -1.96. The lowest BCUT2D eigenvalue weighted by atomic mass is 9.99. The third-order valence-corrected chi connectivity index (χ3v) is 10.4. The minimum Gasteiger partial charge on any atom is -0.309 e. The molecule has 0 radical (unpaired) electrons. The molecule has 7 aromatic carbocycles. The molecule has 0 aliphatic rings. The molecule has 0 fully saturated rings. The van der Waals surface area contributed by atoms with Crippen LogP contribution in [0.2, 0.25) is 0 Å². The van der Waals surface area contributed by atoms with Crippen LogP contribution >= 0.6 is 0 Å². The van der Waals surface area contributed by atoms with Gasteiger partial charge in [-0.1, -0.05) is 152 Å². The number of rotatable bonds is 7. The van der Waals surface area contributed by atoms with Gasteiger partial charge in [-0.2, -0.15) is 0 Å². The number of nitrogens with zero attached hydrogens (tertiary/aromatic N) is 4. The molecule has 10 aromatic rings. The summed E-state index contributed by atoms with van der Waals surface area (Å²) in [7, 11) is 0. The molecule has 258 valence electrons. The molecule has 0 saturated heterocycles. The van der Waals surface area contributed by atoms with Crippen molar-refractivity contribution >= 4 is 21.8 Å². The number of benzene rings is 7. The van der Waals surface area contributed by atoms with E-state index in [0.29, 0.717) is 5.82 Å². The summed E-state index contributed by atoms with van der Waals surface area (Å²) in [5.74, 6) is 0.684. The summed E-state index contributed by atoms with van der Waals surface area (Å²) in [5, 5.41) is 2.49. The Kier molecular flexibility index (Phi) is 8.12. The van der Waals surface area contributed by atoms with Crippen molar-refractivity contribution in [3.63, 3.8) is 0 Å². The van der Waals surface area contributed by atoms with Crippen molar-refractivity contribution < 1.29 is 0 Å². The fourth-order valence-electron chi connectivity index (χ4n) is 7.53. The number of hydrogen-bond donors (Lipinski definition) is 0. The number of fused-ring (bicyclic) bond motifs is 3. The van der Waals surface area contributed by atoms with Crippen molar-refractivity contribution in [2.75, 3.05) is 0 Å². The van der Waals surface area contributed by atoms with Crippen LogP contribution in [0, 0.1) is 0 Å². The standard InChI is InChI=1S/C51H34N4/c1-3-9-35(10-4-1)36-15-21-40(22-16-36)47-34-48(54-51(53-47)42-25-19-37(20-26-42)39-29-31-52-32-30-39)41-23-17-38(18-24-41)43-27-28-46-45-13-7-8-14-49(45)55(50(46)33-43)44-11-5-2-6-12-44/h1-34H. The first-order chi connectivity index (χ1) is 27.2. The van der Waals surface area contributed by atoms with E-state index in [9.17, 15) is 0 Å². The van der Waals surface area contributed by atoms with E-state index in [-0.39, 0.29) is 0 Å². The molecule has 4 heteroatoms. The molecule has 0 amide bonds. The summed E-state index contributed by atoms with van der Waals surface area (Å²) in [6, 6.07) is 68.5. The Morgan fingerprint density at radius 1 is 0.309 bits per heavy atom. The van der Waals surface area contributed by atoms with Crippen LogP contribution in [0.3, 0.4) is 0 Å². The maximum absolute atomic E-state index is 5.16. The summed E-state index contributed by atoms with van der Waals surface area (Å²) in [6.45, 7) is 0. The van der Waals surface area contributed by atoms with Crippen molar-refractivity contribution in [2.24, 2.45) is 0 Å². The van der Waals surface area contributed by atoms with Gasteiger partial charge < -0.3 is 4.57 Å². The highest BCUT2D eigenvalue weighted by molar-refractivity contribution is 6.10. The van der Waals surface area contributed by atoms with Gasteiger partial charge in [0.05, 0.1) is 22.4 Å². The van der Waals surface area contributed by atoms with E-state index in [1.165, 1.54) is 32.9 Å². The quantitative estimate of drug-likeness (QED) is 0.166. The molecule has 0 aliphatic heterocycles. The molecule has 0 saturated carbocycles. The van der Waals surface area contributed by atoms with Gasteiger partial charge in [-0.25, -0.2) is 9.97 Å². The van der Waals surface area contributed by atoms with Gasteiger partial charge in [0.2, 0.25) is 0 Å². The van der Waals surface area contributed by atoms with Crippen LogP contribution in [0.25, 0.3) is 94.8 Å². The average Bonchev–Trinajstić information content (AvgIpc) is 3.61. The second kappa shape index (κ2) is 13.8. The Bertz CT molecular complexity index is 2820. The molecular formula is C51H34N4. The third-order valence-electron chi connectivity index (χ3n) is 10.4. The molecule has 55 heavy (non-hydrogen) atoms. The number of pyridine rings is 1. The summed E-state index contributed by atoms with van der Waals surface area (Å²) in [5.41, 5.74) is 15.2. The van der Waals surface area contributed by atoms with E-state index in [4.69, 9.17) is 9.97 Å². The number of aromatic nitrogens is 4. The molecule has 10 rings (SSSR count). The lowest BCUT2D eigenvalue weighted by molar-refractivity contribution is 1.18. The van der Waals surface area contributed by atoms with Crippen molar-refractivity contribution in [1.82, 2.24) is 19.5 Å². The third kappa shape index (κ3) is 6.16. The van der Waals surface area contributed by atoms with Crippen molar-refractivity contribution in [2.45, 2.75) is 0 Å². The van der Waals surface area contributed by atoms with Crippen molar-refractivity contribution in [3.8, 4) is 73.0 Å². The van der Waals surface area contributed by atoms with Crippen LogP contribution in [0.4, 0.5) is 0 Å². The van der Waals surface area contributed by atoms with E-state index >= 15 is 0 Å². The molecule has 0 spiro atoms. The van der Waals surface area contributed by atoms with Gasteiger partial charge in [-0.3, -0.25) is 4.98 Å². The van der Waals surface area contributed by atoms with Crippen LogP contribution in [-0.4, -0.2) is 19.5 Å². The van der Waals surface area contributed by atoms with Gasteiger partial charge in [0.15, 0.2) is 5.82 Å². The molecule has 0 aliphatic carbocycles. The van der Waals surface area contributed by atoms with Gasteiger partial charge in [0.25, 0.3) is 0 Å². The zero-order valence-corrected chi connectivity index (χ0v) is 29.9.